The first-order valence-corrected chi connectivity index (χ1v) is 3.91. The number of hydrogen-bond donors (Lipinski definition) is 2. The van der Waals surface area contributed by atoms with Gasteiger partial charge in [0.25, 0.3) is 0 Å². The van der Waals surface area contributed by atoms with Gasteiger partial charge < -0.3 is 10.2 Å². The van der Waals surface area contributed by atoms with Gasteiger partial charge in [0, 0.05) is 6.07 Å². The maximum Gasteiger partial charge on any atom is 0.241 e. The van der Waals surface area contributed by atoms with E-state index in [1.54, 1.807) is 0 Å². The molecule has 0 aliphatic heterocycles. The molecule has 0 aliphatic carbocycles. The fourth-order valence-corrected chi connectivity index (χ4v) is 0.946. The van der Waals surface area contributed by atoms with Crippen LogP contribution in [0.2, 0.25) is 0 Å². The average molecular weight is 162 g/mol. The van der Waals surface area contributed by atoms with Gasteiger partial charge in [0.2, 0.25) is 10.0 Å². The molecule has 0 spiro atoms. The van der Waals surface area contributed by atoms with Crippen molar-refractivity contribution < 1.29 is 12.8 Å². The van der Waals surface area contributed by atoms with E-state index >= 15 is 0 Å². The highest BCUT2D eigenvalue weighted by molar-refractivity contribution is 7.89. The van der Waals surface area contributed by atoms with Gasteiger partial charge in [-0.2, -0.15) is 0 Å². The summed E-state index contributed by atoms with van der Waals surface area (Å²) in [4.78, 5) is -0.106. The minimum atomic E-state index is -3.66. The first-order chi connectivity index (χ1) is 4.50. The van der Waals surface area contributed by atoms with Crippen molar-refractivity contribution in [3.05, 3.63) is 12.3 Å². The summed E-state index contributed by atoms with van der Waals surface area (Å²) in [6.45, 7) is 0. The van der Waals surface area contributed by atoms with E-state index in [0.29, 0.717) is 0 Å². The molecule has 0 unspecified atom stereocenters. The second kappa shape index (κ2) is 1.99. The minimum Gasteiger partial charge on any atom is -0.448 e. The Balaban J connectivity index is 3.21. The van der Waals surface area contributed by atoms with Crippen LogP contribution in [0, 0.1) is 0 Å². The predicted octanol–water partition coefficient (Wildman–Crippen LogP) is -0.491. The summed E-state index contributed by atoms with van der Waals surface area (Å²) in [5.41, 5.74) is 5.09. The topological polar surface area (TPSA) is 99.3 Å². The maximum absolute atomic E-state index is 10.5. The van der Waals surface area contributed by atoms with Crippen molar-refractivity contribution in [2.24, 2.45) is 5.14 Å². The van der Waals surface area contributed by atoms with Gasteiger partial charge in [-0.15, -0.1) is 0 Å². The van der Waals surface area contributed by atoms with Gasteiger partial charge in [0.05, 0.1) is 0 Å². The third kappa shape index (κ3) is 1.28. The van der Waals surface area contributed by atoms with Crippen LogP contribution in [0.1, 0.15) is 0 Å². The molecule has 5 nitrogen and oxygen atoms in total. The van der Waals surface area contributed by atoms with Gasteiger partial charge in [-0.1, -0.05) is 0 Å². The van der Waals surface area contributed by atoms with Crippen LogP contribution in [-0.4, -0.2) is 8.42 Å². The Morgan fingerprint density at radius 1 is 1.50 bits per heavy atom. The van der Waals surface area contributed by atoms with E-state index in [4.69, 9.17) is 10.9 Å². The molecule has 0 fully saturated rings. The van der Waals surface area contributed by atoms with Crippen LogP contribution in [0.3, 0.4) is 0 Å². The fourth-order valence-electron chi connectivity index (χ4n) is 0.484. The van der Waals surface area contributed by atoms with Crippen molar-refractivity contribution in [2.75, 3.05) is 5.73 Å². The van der Waals surface area contributed by atoms with Crippen LogP contribution in [-0.2, 0) is 10.0 Å². The Kier molecular flexibility index (Phi) is 1.42. The molecule has 0 aliphatic rings. The average Bonchev–Trinajstić information content (AvgIpc) is 2.11. The summed E-state index contributed by atoms with van der Waals surface area (Å²) in [6, 6.07) is 1.15. The molecule has 56 valence electrons. The van der Waals surface area contributed by atoms with E-state index in [1.807, 2.05) is 0 Å². The Labute approximate surface area is 57.7 Å². The molecule has 1 rings (SSSR count). The summed E-state index contributed by atoms with van der Waals surface area (Å²) < 4.78 is 25.5. The SMILES string of the molecule is Nc1cc(S(N)(=O)=O)co1. The van der Waals surface area contributed by atoms with Crippen LogP contribution in [0.5, 0.6) is 0 Å². The first-order valence-electron chi connectivity index (χ1n) is 2.37. The lowest BCUT2D eigenvalue weighted by Crippen LogP contribution is -2.10. The normalized spacial score (nSPS) is 11.7. The standard InChI is InChI=1S/C4H6N2O3S/c5-4-1-3(2-9-4)10(6,7)8/h1-2H,5H2,(H2,6,7,8). The van der Waals surface area contributed by atoms with Crippen molar-refractivity contribution in [2.45, 2.75) is 4.90 Å². The van der Waals surface area contributed by atoms with E-state index in [2.05, 4.69) is 4.42 Å². The zero-order chi connectivity index (χ0) is 7.78. The number of sulfonamides is 1. The number of furan rings is 1. The van der Waals surface area contributed by atoms with Gasteiger partial charge in [0.15, 0.2) is 5.88 Å². The Morgan fingerprint density at radius 3 is 2.30 bits per heavy atom. The van der Waals surface area contributed by atoms with Crippen molar-refractivity contribution >= 4 is 15.9 Å². The monoisotopic (exact) mass is 162 g/mol. The summed E-state index contributed by atoms with van der Waals surface area (Å²) in [5, 5.41) is 4.73. The van der Waals surface area contributed by atoms with E-state index in [-0.39, 0.29) is 10.8 Å². The highest BCUT2D eigenvalue weighted by Crippen LogP contribution is 2.12. The first kappa shape index (κ1) is 7.10. The van der Waals surface area contributed by atoms with Crippen LogP contribution in [0.4, 0.5) is 5.88 Å². The zero-order valence-corrected chi connectivity index (χ0v) is 5.76. The highest BCUT2D eigenvalue weighted by Gasteiger charge is 2.09. The number of anilines is 1. The molecule has 10 heavy (non-hydrogen) atoms. The Hall–Kier alpha value is -1.01. The summed E-state index contributed by atoms with van der Waals surface area (Å²) in [5.74, 6) is 0.0315. The third-order valence-corrected chi connectivity index (χ3v) is 1.80. The van der Waals surface area contributed by atoms with Crippen LogP contribution in [0.25, 0.3) is 0 Å². The summed E-state index contributed by atoms with van der Waals surface area (Å²) >= 11 is 0. The lowest BCUT2D eigenvalue weighted by Gasteiger charge is -1.85. The maximum atomic E-state index is 10.5. The van der Waals surface area contributed by atoms with Crippen molar-refractivity contribution in [1.29, 1.82) is 0 Å². The van der Waals surface area contributed by atoms with Crippen molar-refractivity contribution in [3.8, 4) is 0 Å². The molecule has 1 heterocycles. The summed E-state index contributed by atoms with van der Waals surface area (Å²) in [7, 11) is -3.66. The zero-order valence-electron chi connectivity index (χ0n) is 4.94. The molecule has 1 aromatic rings. The van der Waals surface area contributed by atoms with Gasteiger partial charge in [-0.3, -0.25) is 0 Å². The quantitative estimate of drug-likeness (QED) is 0.581. The van der Waals surface area contributed by atoms with E-state index in [9.17, 15) is 8.42 Å². The van der Waals surface area contributed by atoms with E-state index in [1.165, 1.54) is 0 Å². The van der Waals surface area contributed by atoms with E-state index < -0.39 is 10.0 Å². The molecule has 0 bridgehead atoms. The van der Waals surface area contributed by atoms with Crippen LogP contribution < -0.4 is 10.9 Å². The molecule has 0 saturated heterocycles. The van der Waals surface area contributed by atoms with Crippen LogP contribution in [0.15, 0.2) is 21.6 Å². The smallest absolute Gasteiger partial charge is 0.241 e. The van der Waals surface area contributed by atoms with E-state index in [0.717, 1.165) is 12.3 Å². The highest BCUT2D eigenvalue weighted by atomic mass is 32.2. The Morgan fingerprint density at radius 2 is 2.10 bits per heavy atom. The minimum absolute atomic E-state index is 0.0315. The molecular formula is C4H6N2O3S. The molecule has 0 radical (unpaired) electrons. The number of hydrogen-bond acceptors (Lipinski definition) is 4. The number of primary sulfonamides is 1. The largest absolute Gasteiger partial charge is 0.448 e. The fraction of sp³-hybridized carbons (Fsp3) is 0. The van der Waals surface area contributed by atoms with Crippen molar-refractivity contribution in [3.63, 3.8) is 0 Å². The van der Waals surface area contributed by atoms with Crippen molar-refractivity contribution in [1.82, 2.24) is 0 Å². The van der Waals surface area contributed by atoms with Gasteiger partial charge in [0.1, 0.15) is 11.2 Å². The molecule has 4 N–H and O–H groups in total. The molecule has 0 aromatic carbocycles. The predicted molar refractivity (Wildman–Crippen MR) is 34.5 cm³/mol. The molecule has 1 aromatic heterocycles. The second-order valence-corrected chi connectivity index (χ2v) is 3.29. The molecule has 0 atom stereocenters. The second-order valence-electron chi connectivity index (χ2n) is 1.73. The van der Waals surface area contributed by atoms with Gasteiger partial charge >= 0.3 is 0 Å². The van der Waals surface area contributed by atoms with Gasteiger partial charge in [-0.05, 0) is 0 Å². The molecular weight excluding hydrogens is 156 g/mol. The number of nitrogens with two attached hydrogens (primary N) is 2. The third-order valence-electron chi connectivity index (χ3n) is 0.924. The lowest BCUT2D eigenvalue weighted by molar-refractivity contribution is 0.572. The van der Waals surface area contributed by atoms with Gasteiger partial charge in [-0.25, -0.2) is 13.6 Å². The summed E-state index contributed by atoms with van der Waals surface area (Å²) in [6.07, 6.45) is 0.991. The Bertz CT molecular complexity index is 326. The molecule has 0 saturated carbocycles. The number of nitrogen functional groups attached to an aromatic ring is 1. The molecule has 0 amide bonds. The lowest BCUT2D eigenvalue weighted by atomic mass is 10.6. The number of rotatable bonds is 1. The van der Waals surface area contributed by atoms with Crippen LogP contribution >= 0.6 is 0 Å². The molecule has 6 heteroatoms.